The van der Waals surface area contributed by atoms with Crippen LogP contribution in [0, 0.1) is 0 Å². The molecule has 0 radical (unpaired) electrons. The summed E-state index contributed by atoms with van der Waals surface area (Å²) < 4.78 is 10.4. The summed E-state index contributed by atoms with van der Waals surface area (Å²) in [6.07, 6.45) is 2.09. The summed E-state index contributed by atoms with van der Waals surface area (Å²) in [5, 5.41) is 2.84. The van der Waals surface area contributed by atoms with Gasteiger partial charge in [0.1, 0.15) is 0 Å². The van der Waals surface area contributed by atoms with Crippen molar-refractivity contribution in [2.75, 3.05) is 33.9 Å². The molecule has 1 saturated heterocycles. The fourth-order valence-corrected chi connectivity index (χ4v) is 2.48. The minimum Gasteiger partial charge on any atom is -0.493 e. The summed E-state index contributed by atoms with van der Waals surface area (Å²) >= 11 is 0. The van der Waals surface area contributed by atoms with Gasteiger partial charge in [0.2, 0.25) is 11.8 Å². The van der Waals surface area contributed by atoms with E-state index in [0.29, 0.717) is 37.4 Å². The summed E-state index contributed by atoms with van der Waals surface area (Å²) in [5.41, 5.74) is 1.05. The number of hydrogen-bond acceptors (Lipinski definition) is 4. The zero-order valence-electron chi connectivity index (χ0n) is 13.1. The number of carbonyl (C=O) groups is 2. The highest BCUT2D eigenvalue weighted by Gasteiger charge is 2.21. The average molecular weight is 306 g/mol. The Morgan fingerprint density at radius 1 is 1.27 bits per heavy atom. The lowest BCUT2D eigenvalue weighted by Crippen LogP contribution is -2.38. The Labute approximate surface area is 130 Å². The minimum absolute atomic E-state index is 0.0649. The lowest BCUT2D eigenvalue weighted by molar-refractivity contribution is -0.133. The van der Waals surface area contributed by atoms with Gasteiger partial charge in [-0.05, 0) is 30.5 Å². The Bertz CT molecular complexity index is 545. The maximum atomic E-state index is 11.8. The van der Waals surface area contributed by atoms with Gasteiger partial charge in [-0.25, -0.2) is 0 Å². The van der Waals surface area contributed by atoms with E-state index in [9.17, 15) is 9.59 Å². The number of methoxy groups -OCH3 is 2. The quantitative estimate of drug-likeness (QED) is 0.815. The van der Waals surface area contributed by atoms with E-state index in [1.165, 1.54) is 0 Å². The van der Waals surface area contributed by atoms with Crippen LogP contribution in [0.2, 0.25) is 0 Å². The van der Waals surface area contributed by atoms with Gasteiger partial charge in [0.25, 0.3) is 0 Å². The average Bonchev–Trinajstić information content (AvgIpc) is 2.92. The van der Waals surface area contributed by atoms with Crippen LogP contribution in [0.5, 0.6) is 11.5 Å². The van der Waals surface area contributed by atoms with Crippen molar-refractivity contribution in [3.63, 3.8) is 0 Å². The Kier molecular flexibility index (Phi) is 5.63. The highest BCUT2D eigenvalue weighted by Crippen LogP contribution is 2.27. The molecule has 1 heterocycles. The highest BCUT2D eigenvalue weighted by atomic mass is 16.5. The van der Waals surface area contributed by atoms with Crippen molar-refractivity contribution in [3.8, 4) is 11.5 Å². The van der Waals surface area contributed by atoms with Crippen LogP contribution in [-0.2, 0) is 16.0 Å². The molecule has 1 aliphatic heterocycles. The van der Waals surface area contributed by atoms with Gasteiger partial charge in [0, 0.05) is 19.5 Å². The van der Waals surface area contributed by atoms with E-state index in [0.717, 1.165) is 12.0 Å². The molecule has 0 aromatic heterocycles. The Balaban J connectivity index is 1.78. The van der Waals surface area contributed by atoms with Crippen molar-refractivity contribution in [2.45, 2.75) is 19.3 Å². The van der Waals surface area contributed by atoms with E-state index in [1.807, 2.05) is 18.2 Å². The third-order valence-corrected chi connectivity index (χ3v) is 3.69. The van der Waals surface area contributed by atoms with Gasteiger partial charge < -0.3 is 19.7 Å². The van der Waals surface area contributed by atoms with Gasteiger partial charge in [0.05, 0.1) is 20.8 Å². The van der Waals surface area contributed by atoms with Crippen molar-refractivity contribution in [1.29, 1.82) is 0 Å². The maximum Gasteiger partial charge on any atom is 0.239 e. The van der Waals surface area contributed by atoms with E-state index in [4.69, 9.17) is 9.47 Å². The van der Waals surface area contributed by atoms with E-state index in [2.05, 4.69) is 5.32 Å². The Morgan fingerprint density at radius 2 is 2.05 bits per heavy atom. The summed E-state index contributed by atoms with van der Waals surface area (Å²) in [7, 11) is 3.19. The first-order chi connectivity index (χ1) is 10.6. The van der Waals surface area contributed by atoms with Crippen LogP contribution in [0.25, 0.3) is 0 Å². The molecular formula is C16H22N2O4. The van der Waals surface area contributed by atoms with Crippen LogP contribution in [0.3, 0.4) is 0 Å². The molecule has 6 nitrogen and oxygen atoms in total. The van der Waals surface area contributed by atoms with Crippen LogP contribution in [0.1, 0.15) is 18.4 Å². The molecule has 120 valence electrons. The van der Waals surface area contributed by atoms with E-state index >= 15 is 0 Å². The van der Waals surface area contributed by atoms with Gasteiger partial charge in [-0.3, -0.25) is 9.59 Å². The van der Waals surface area contributed by atoms with Gasteiger partial charge >= 0.3 is 0 Å². The molecule has 22 heavy (non-hydrogen) atoms. The second kappa shape index (κ2) is 7.68. The molecule has 0 bridgehead atoms. The number of nitrogens with zero attached hydrogens (tertiary/aromatic N) is 1. The molecule has 1 aliphatic rings. The monoisotopic (exact) mass is 306 g/mol. The van der Waals surface area contributed by atoms with Gasteiger partial charge in [-0.15, -0.1) is 0 Å². The molecule has 0 saturated carbocycles. The second-order valence-corrected chi connectivity index (χ2v) is 5.21. The fourth-order valence-electron chi connectivity index (χ4n) is 2.48. The van der Waals surface area contributed by atoms with Crippen LogP contribution in [-0.4, -0.2) is 50.6 Å². The third kappa shape index (κ3) is 4.13. The number of ether oxygens (including phenoxy) is 2. The van der Waals surface area contributed by atoms with E-state index in [-0.39, 0.29) is 18.4 Å². The van der Waals surface area contributed by atoms with Gasteiger partial charge in [-0.1, -0.05) is 6.07 Å². The Morgan fingerprint density at radius 3 is 2.68 bits per heavy atom. The van der Waals surface area contributed by atoms with Crippen LogP contribution in [0.15, 0.2) is 18.2 Å². The first-order valence-corrected chi connectivity index (χ1v) is 7.39. The molecule has 1 fully saturated rings. The third-order valence-electron chi connectivity index (χ3n) is 3.69. The van der Waals surface area contributed by atoms with Crippen molar-refractivity contribution < 1.29 is 19.1 Å². The predicted octanol–water partition coefficient (Wildman–Crippen LogP) is 0.985. The molecule has 1 aromatic rings. The van der Waals surface area contributed by atoms with Crippen molar-refractivity contribution in [1.82, 2.24) is 10.2 Å². The number of likely N-dealkylation sites (tertiary alicyclic amines) is 1. The molecule has 0 atom stereocenters. The largest absolute Gasteiger partial charge is 0.493 e. The molecule has 6 heteroatoms. The van der Waals surface area contributed by atoms with Gasteiger partial charge in [-0.2, -0.15) is 0 Å². The maximum absolute atomic E-state index is 11.8. The summed E-state index contributed by atoms with van der Waals surface area (Å²) in [4.78, 5) is 24.9. The number of rotatable bonds is 7. The first-order valence-electron chi connectivity index (χ1n) is 7.39. The normalized spacial score (nSPS) is 14.1. The fraction of sp³-hybridized carbons (Fsp3) is 0.500. The number of benzene rings is 1. The molecular weight excluding hydrogens is 284 g/mol. The standard InChI is InChI=1S/C16H22N2O4/c1-21-13-6-5-12(10-14(13)22-2)7-8-17-15(19)11-18-9-3-4-16(18)20/h5-6,10H,3-4,7-9,11H2,1-2H3,(H,17,19). The lowest BCUT2D eigenvalue weighted by Gasteiger charge is -2.15. The number of carbonyl (C=O) groups excluding carboxylic acids is 2. The molecule has 0 spiro atoms. The predicted molar refractivity (Wildman–Crippen MR) is 82.1 cm³/mol. The van der Waals surface area contributed by atoms with Crippen molar-refractivity contribution >= 4 is 11.8 Å². The SMILES string of the molecule is COc1ccc(CCNC(=O)CN2CCCC2=O)cc1OC. The smallest absolute Gasteiger partial charge is 0.239 e. The van der Waals surface area contributed by atoms with E-state index < -0.39 is 0 Å². The van der Waals surface area contributed by atoms with Crippen LogP contribution in [0.4, 0.5) is 0 Å². The highest BCUT2D eigenvalue weighted by molar-refractivity contribution is 5.85. The molecule has 2 rings (SSSR count). The van der Waals surface area contributed by atoms with Crippen molar-refractivity contribution in [2.24, 2.45) is 0 Å². The number of nitrogens with one attached hydrogen (secondary N) is 1. The Hall–Kier alpha value is -2.24. The summed E-state index contributed by atoms with van der Waals surface area (Å²) in [5.74, 6) is 1.31. The molecule has 2 amide bonds. The zero-order chi connectivity index (χ0) is 15.9. The summed E-state index contributed by atoms with van der Waals surface area (Å²) in [6.45, 7) is 1.36. The molecule has 1 aromatic carbocycles. The molecule has 1 N–H and O–H groups in total. The van der Waals surface area contributed by atoms with Gasteiger partial charge in [0.15, 0.2) is 11.5 Å². The summed E-state index contributed by atoms with van der Waals surface area (Å²) in [6, 6.07) is 5.69. The van der Waals surface area contributed by atoms with Crippen LogP contribution >= 0.6 is 0 Å². The minimum atomic E-state index is -0.115. The topological polar surface area (TPSA) is 67.9 Å². The number of hydrogen-bond donors (Lipinski definition) is 1. The lowest BCUT2D eigenvalue weighted by atomic mass is 10.1. The first kappa shape index (κ1) is 16.1. The van der Waals surface area contributed by atoms with Crippen LogP contribution < -0.4 is 14.8 Å². The van der Waals surface area contributed by atoms with Crippen molar-refractivity contribution in [3.05, 3.63) is 23.8 Å². The van der Waals surface area contributed by atoms with E-state index in [1.54, 1.807) is 19.1 Å². The second-order valence-electron chi connectivity index (χ2n) is 5.21. The zero-order valence-corrected chi connectivity index (χ0v) is 13.1. The molecule has 0 aliphatic carbocycles. The number of amides is 2. The molecule has 0 unspecified atom stereocenters.